The van der Waals surface area contributed by atoms with Gasteiger partial charge in [0.15, 0.2) is 6.29 Å². The first-order chi connectivity index (χ1) is 10.3. The lowest BCUT2D eigenvalue weighted by Gasteiger charge is -2.37. The molecule has 0 spiro atoms. The third kappa shape index (κ3) is 5.90. The second kappa shape index (κ2) is 9.83. The van der Waals surface area contributed by atoms with Crippen molar-refractivity contribution in [2.24, 2.45) is 11.8 Å². The van der Waals surface area contributed by atoms with Gasteiger partial charge in [0, 0.05) is 18.1 Å². The Labute approximate surface area is 134 Å². The first kappa shape index (κ1) is 17.3. The summed E-state index contributed by atoms with van der Waals surface area (Å²) in [7, 11) is 0. The van der Waals surface area contributed by atoms with E-state index in [9.17, 15) is 0 Å². The largest absolute Gasteiger partial charge is 0.373 e. The van der Waals surface area contributed by atoms with Crippen LogP contribution in [0.3, 0.4) is 0 Å². The van der Waals surface area contributed by atoms with E-state index in [1.807, 2.05) is 0 Å². The van der Waals surface area contributed by atoms with Gasteiger partial charge in [0.1, 0.15) is 6.10 Å². The fraction of sp³-hybridized carbons (Fsp3) is 0.882. The van der Waals surface area contributed by atoms with Crippen LogP contribution in [0, 0.1) is 11.8 Å². The van der Waals surface area contributed by atoms with Gasteiger partial charge in [0.25, 0.3) is 0 Å². The molecule has 2 fully saturated rings. The van der Waals surface area contributed by atoms with Crippen molar-refractivity contribution < 1.29 is 14.2 Å². The van der Waals surface area contributed by atoms with Gasteiger partial charge in [0.05, 0.1) is 13.2 Å². The van der Waals surface area contributed by atoms with Crippen molar-refractivity contribution in [3.8, 4) is 0 Å². The molecule has 0 amide bonds. The Hall–Kier alpha value is -0.0900. The van der Waals surface area contributed by atoms with Crippen LogP contribution < -0.4 is 0 Å². The zero-order valence-electron chi connectivity index (χ0n) is 13.1. The van der Waals surface area contributed by atoms with E-state index in [4.69, 9.17) is 25.8 Å². The molecular formula is C17H29ClO3. The molecule has 0 radical (unpaired) electrons. The van der Waals surface area contributed by atoms with Crippen LogP contribution in [-0.4, -0.2) is 32.2 Å². The SMILES string of the molecule is CCCCCOC1COC(C2CCC(C=CCl)CC2)OC1. The second-order valence-corrected chi connectivity index (χ2v) is 6.48. The summed E-state index contributed by atoms with van der Waals surface area (Å²) < 4.78 is 17.6. The molecule has 0 bridgehead atoms. The average molecular weight is 317 g/mol. The number of halogens is 1. The highest BCUT2D eigenvalue weighted by molar-refractivity contribution is 6.25. The maximum absolute atomic E-state index is 5.89. The Morgan fingerprint density at radius 2 is 1.81 bits per heavy atom. The Morgan fingerprint density at radius 1 is 1.10 bits per heavy atom. The summed E-state index contributed by atoms with van der Waals surface area (Å²) in [5.41, 5.74) is 1.65. The molecule has 122 valence electrons. The zero-order valence-corrected chi connectivity index (χ0v) is 13.9. The first-order valence-electron chi connectivity index (χ1n) is 8.45. The fourth-order valence-corrected chi connectivity index (χ4v) is 3.39. The topological polar surface area (TPSA) is 27.7 Å². The molecule has 0 N–H and O–H groups in total. The lowest BCUT2D eigenvalue weighted by molar-refractivity contribution is -0.249. The summed E-state index contributed by atoms with van der Waals surface area (Å²) >= 11 is 5.65. The number of hydrogen-bond acceptors (Lipinski definition) is 3. The highest BCUT2D eigenvalue weighted by Crippen LogP contribution is 2.34. The van der Waals surface area contributed by atoms with Gasteiger partial charge < -0.3 is 14.2 Å². The van der Waals surface area contributed by atoms with Gasteiger partial charge in [-0.25, -0.2) is 0 Å². The molecule has 0 aromatic carbocycles. The minimum atomic E-state index is -0.0265. The molecule has 2 rings (SSSR count). The molecule has 0 atom stereocenters. The van der Waals surface area contributed by atoms with Crippen molar-refractivity contribution in [3.63, 3.8) is 0 Å². The van der Waals surface area contributed by atoms with E-state index in [1.54, 1.807) is 5.54 Å². The molecule has 2 aliphatic rings. The Kier molecular flexibility index (Phi) is 8.08. The highest BCUT2D eigenvalue weighted by Gasteiger charge is 2.32. The van der Waals surface area contributed by atoms with Gasteiger partial charge in [-0.2, -0.15) is 0 Å². The lowest BCUT2D eigenvalue weighted by Crippen LogP contribution is -2.42. The summed E-state index contributed by atoms with van der Waals surface area (Å²) in [5.74, 6) is 1.17. The molecule has 1 aliphatic heterocycles. The number of unbranched alkanes of at least 4 members (excludes halogenated alkanes) is 2. The molecule has 21 heavy (non-hydrogen) atoms. The fourth-order valence-electron chi connectivity index (χ4n) is 3.18. The van der Waals surface area contributed by atoms with Gasteiger partial charge in [-0.3, -0.25) is 0 Å². The highest BCUT2D eigenvalue weighted by atomic mass is 35.5. The molecule has 0 aromatic rings. The van der Waals surface area contributed by atoms with Crippen molar-refractivity contribution >= 4 is 11.6 Å². The predicted molar refractivity (Wildman–Crippen MR) is 85.4 cm³/mol. The number of hydrogen-bond donors (Lipinski definition) is 0. The summed E-state index contributed by atoms with van der Waals surface area (Å²) in [6.45, 7) is 4.39. The Morgan fingerprint density at radius 3 is 2.43 bits per heavy atom. The molecular weight excluding hydrogens is 288 g/mol. The Balaban J connectivity index is 1.61. The van der Waals surface area contributed by atoms with Crippen molar-refractivity contribution in [2.75, 3.05) is 19.8 Å². The second-order valence-electron chi connectivity index (χ2n) is 6.23. The Bertz CT molecular complexity index is 292. The van der Waals surface area contributed by atoms with E-state index >= 15 is 0 Å². The van der Waals surface area contributed by atoms with Crippen LogP contribution in [0.1, 0.15) is 51.9 Å². The maximum atomic E-state index is 5.89. The quantitative estimate of drug-likeness (QED) is 0.647. The number of allylic oxidation sites excluding steroid dienone is 1. The smallest absolute Gasteiger partial charge is 0.160 e. The van der Waals surface area contributed by atoms with Gasteiger partial charge in [-0.15, -0.1) is 0 Å². The van der Waals surface area contributed by atoms with Gasteiger partial charge in [-0.1, -0.05) is 37.4 Å². The van der Waals surface area contributed by atoms with Gasteiger partial charge in [-0.05, 0) is 38.0 Å². The molecule has 1 aliphatic carbocycles. The van der Waals surface area contributed by atoms with Crippen LogP contribution in [0.25, 0.3) is 0 Å². The third-order valence-corrected chi connectivity index (χ3v) is 4.69. The normalized spacial score (nSPS) is 34.4. The molecule has 1 saturated carbocycles. The van der Waals surface area contributed by atoms with E-state index in [-0.39, 0.29) is 12.4 Å². The van der Waals surface area contributed by atoms with Gasteiger partial charge in [0.2, 0.25) is 0 Å². The maximum Gasteiger partial charge on any atom is 0.160 e. The number of ether oxygens (including phenoxy) is 3. The minimum Gasteiger partial charge on any atom is -0.373 e. The van der Waals surface area contributed by atoms with Crippen molar-refractivity contribution in [2.45, 2.75) is 64.3 Å². The van der Waals surface area contributed by atoms with Crippen LogP contribution in [0.4, 0.5) is 0 Å². The van der Waals surface area contributed by atoms with E-state index in [0.29, 0.717) is 25.0 Å². The van der Waals surface area contributed by atoms with Crippen molar-refractivity contribution in [1.82, 2.24) is 0 Å². The van der Waals surface area contributed by atoms with Crippen molar-refractivity contribution in [3.05, 3.63) is 11.6 Å². The van der Waals surface area contributed by atoms with E-state index in [0.717, 1.165) is 13.0 Å². The van der Waals surface area contributed by atoms with Crippen LogP contribution in [-0.2, 0) is 14.2 Å². The van der Waals surface area contributed by atoms with Gasteiger partial charge >= 0.3 is 0 Å². The zero-order chi connectivity index (χ0) is 14.9. The van der Waals surface area contributed by atoms with E-state index in [2.05, 4.69) is 13.0 Å². The monoisotopic (exact) mass is 316 g/mol. The predicted octanol–water partition coefficient (Wildman–Crippen LogP) is 4.49. The molecule has 4 heteroatoms. The van der Waals surface area contributed by atoms with E-state index < -0.39 is 0 Å². The van der Waals surface area contributed by atoms with Crippen LogP contribution in [0.2, 0.25) is 0 Å². The average Bonchev–Trinajstić information content (AvgIpc) is 2.53. The summed E-state index contributed by atoms with van der Waals surface area (Å²) in [6.07, 6.45) is 10.5. The van der Waals surface area contributed by atoms with Crippen LogP contribution in [0.5, 0.6) is 0 Å². The molecule has 0 unspecified atom stereocenters. The first-order valence-corrected chi connectivity index (χ1v) is 8.88. The summed E-state index contributed by atoms with van der Waals surface area (Å²) in [4.78, 5) is 0. The number of rotatable bonds is 7. The lowest BCUT2D eigenvalue weighted by atomic mass is 9.81. The van der Waals surface area contributed by atoms with Crippen molar-refractivity contribution in [1.29, 1.82) is 0 Å². The summed E-state index contributed by atoms with van der Waals surface area (Å²) in [5, 5.41) is 0. The third-order valence-electron chi connectivity index (χ3n) is 4.54. The van der Waals surface area contributed by atoms with Crippen LogP contribution in [0.15, 0.2) is 11.6 Å². The molecule has 3 nitrogen and oxygen atoms in total. The summed E-state index contributed by atoms with van der Waals surface area (Å²) in [6, 6.07) is 0. The van der Waals surface area contributed by atoms with Crippen LogP contribution >= 0.6 is 11.6 Å². The molecule has 1 saturated heterocycles. The molecule has 1 heterocycles. The molecule has 0 aromatic heterocycles. The van der Waals surface area contributed by atoms with E-state index in [1.165, 1.54) is 38.5 Å². The minimum absolute atomic E-state index is 0.0265. The standard InChI is InChI=1S/C17H29ClO3/c1-2-3-4-11-19-16-12-20-17(21-13-16)15-7-5-14(6-8-15)9-10-18/h9-10,14-17H,2-8,11-13H2,1H3.